The molecule has 1 saturated carbocycles. The number of piperazine rings is 1. The molecule has 1 aliphatic carbocycles. The van der Waals surface area contributed by atoms with Gasteiger partial charge in [-0.25, -0.2) is 17.6 Å². The highest BCUT2D eigenvalue weighted by Crippen LogP contribution is 2.40. The Balaban J connectivity index is 1.46. The summed E-state index contributed by atoms with van der Waals surface area (Å²) >= 11 is 0. The maximum Gasteiger partial charge on any atom is 0.393 e. The molecule has 262 valence electrons. The predicted molar refractivity (Wildman–Crippen MR) is 165 cm³/mol. The van der Waals surface area contributed by atoms with Gasteiger partial charge in [0.2, 0.25) is 17.7 Å². The predicted octanol–water partition coefficient (Wildman–Crippen LogP) is 5.72. The first-order chi connectivity index (χ1) is 22.4. The van der Waals surface area contributed by atoms with Gasteiger partial charge in [0, 0.05) is 62.6 Å². The Labute approximate surface area is 273 Å². The lowest BCUT2D eigenvalue weighted by molar-refractivity contribution is -0.197. The SMILES string of the molecule is C[C@@H]1CN(c2cc(F)c(-c3ccc(C(=O)NC4CCC(F)(F)CC4)c(F)c3)cc2NC(=O)C2CNC(=O)CC2C(F)(F)F)C[C@H](C)N1C. The van der Waals surface area contributed by atoms with E-state index in [1.807, 2.05) is 25.8 Å². The number of benzene rings is 2. The number of nitrogens with one attached hydrogen (secondary N) is 3. The van der Waals surface area contributed by atoms with E-state index < -0.39 is 85.1 Å². The second-order valence-electron chi connectivity index (χ2n) is 13.2. The average molecular weight is 686 g/mol. The number of nitrogens with zero attached hydrogens (tertiary/aromatic N) is 2. The minimum atomic E-state index is -4.83. The normalized spacial score (nSPS) is 25.4. The molecule has 48 heavy (non-hydrogen) atoms. The van der Waals surface area contributed by atoms with Gasteiger partial charge in [0.05, 0.1) is 28.8 Å². The Hall–Kier alpha value is -3.88. The highest BCUT2D eigenvalue weighted by molar-refractivity contribution is 5.99. The van der Waals surface area contributed by atoms with E-state index in [9.17, 15) is 36.3 Å². The van der Waals surface area contributed by atoms with Crippen LogP contribution in [0, 0.1) is 23.5 Å². The summed E-state index contributed by atoms with van der Waals surface area (Å²) in [5.74, 6) is -11.2. The van der Waals surface area contributed by atoms with Crippen molar-refractivity contribution in [2.24, 2.45) is 11.8 Å². The average Bonchev–Trinajstić information content (AvgIpc) is 3.00. The van der Waals surface area contributed by atoms with Crippen molar-refractivity contribution < 1.29 is 45.1 Å². The summed E-state index contributed by atoms with van der Waals surface area (Å²) in [5.41, 5.74) is -0.364. The first-order valence-electron chi connectivity index (χ1n) is 15.9. The Kier molecular flexibility index (Phi) is 10.0. The van der Waals surface area contributed by atoms with Crippen LogP contribution >= 0.6 is 0 Å². The van der Waals surface area contributed by atoms with Gasteiger partial charge in [-0.05, 0) is 63.6 Å². The van der Waals surface area contributed by atoms with Gasteiger partial charge < -0.3 is 20.9 Å². The number of hydrogen-bond acceptors (Lipinski definition) is 5. The van der Waals surface area contributed by atoms with E-state index in [4.69, 9.17) is 0 Å². The second kappa shape index (κ2) is 13.6. The monoisotopic (exact) mass is 685 g/mol. The third-order valence-electron chi connectivity index (χ3n) is 9.79. The van der Waals surface area contributed by atoms with Crippen LogP contribution < -0.4 is 20.9 Å². The van der Waals surface area contributed by atoms with Crippen LogP contribution in [0.3, 0.4) is 0 Å². The summed E-state index contributed by atoms with van der Waals surface area (Å²) in [6.07, 6.45) is -6.47. The number of amides is 3. The van der Waals surface area contributed by atoms with Crippen molar-refractivity contribution in [3.8, 4) is 11.1 Å². The van der Waals surface area contributed by atoms with Crippen LogP contribution in [0.15, 0.2) is 30.3 Å². The number of rotatable bonds is 6. The molecule has 3 N–H and O–H groups in total. The molecule has 3 aliphatic rings. The molecule has 2 unspecified atom stereocenters. The maximum absolute atomic E-state index is 15.8. The van der Waals surface area contributed by atoms with Crippen LogP contribution in [-0.2, 0) is 9.59 Å². The summed E-state index contributed by atoms with van der Waals surface area (Å²) in [4.78, 5) is 41.9. The molecule has 3 fully saturated rings. The zero-order valence-corrected chi connectivity index (χ0v) is 26.7. The van der Waals surface area contributed by atoms with Crippen LogP contribution in [0.25, 0.3) is 11.1 Å². The molecule has 0 radical (unpaired) electrons. The standard InChI is InChI=1S/C33H38F7N5O3/c1-17-15-45(16-18(2)44(17)3)28-13-26(35)22(11-27(28)43-31(48)23-14-41-29(46)12-24(23)33(38,39)40)19-4-5-21(25(34)10-19)30(47)42-20-6-8-32(36,37)9-7-20/h4-5,10-11,13,17-18,20,23-24H,6-9,12,14-16H2,1-3H3,(H,41,46)(H,42,47)(H,43,48)/t17-,18+,23?,24?. The van der Waals surface area contributed by atoms with Crippen molar-refractivity contribution in [3.05, 3.63) is 47.5 Å². The van der Waals surface area contributed by atoms with Gasteiger partial charge in [0.25, 0.3) is 5.91 Å². The summed E-state index contributed by atoms with van der Waals surface area (Å²) in [6, 6.07) is 5.14. The summed E-state index contributed by atoms with van der Waals surface area (Å²) in [7, 11) is 1.93. The molecule has 0 bridgehead atoms. The van der Waals surface area contributed by atoms with Crippen molar-refractivity contribution in [1.82, 2.24) is 15.5 Å². The Morgan fingerprint density at radius 1 is 0.979 bits per heavy atom. The van der Waals surface area contributed by atoms with Crippen LogP contribution in [-0.4, -0.2) is 79.5 Å². The molecule has 4 atom stereocenters. The molecule has 8 nitrogen and oxygen atoms in total. The molecule has 3 amide bonds. The Bertz CT molecular complexity index is 1550. The third kappa shape index (κ3) is 7.71. The van der Waals surface area contributed by atoms with E-state index in [0.29, 0.717) is 13.1 Å². The Morgan fingerprint density at radius 2 is 1.62 bits per heavy atom. The van der Waals surface area contributed by atoms with E-state index in [0.717, 1.165) is 18.2 Å². The topological polar surface area (TPSA) is 93.8 Å². The van der Waals surface area contributed by atoms with E-state index in [-0.39, 0.29) is 53.0 Å². The van der Waals surface area contributed by atoms with Gasteiger partial charge in [-0.3, -0.25) is 19.3 Å². The fourth-order valence-electron chi connectivity index (χ4n) is 6.69. The fourth-order valence-corrected chi connectivity index (χ4v) is 6.69. The number of piperidine rings is 1. The van der Waals surface area contributed by atoms with Crippen molar-refractivity contribution in [2.45, 2.75) is 76.2 Å². The largest absolute Gasteiger partial charge is 0.393 e. The van der Waals surface area contributed by atoms with E-state index in [1.54, 1.807) is 0 Å². The molecule has 2 heterocycles. The van der Waals surface area contributed by atoms with Crippen LogP contribution in [0.4, 0.5) is 42.1 Å². The molecule has 2 saturated heterocycles. The first-order valence-corrected chi connectivity index (χ1v) is 15.9. The number of carbonyl (C=O) groups excluding carboxylic acids is 3. The molecular weight excluding hydrogens is 647 g/mol. The first kappa shape index (κ1) is 35.4. The zero-order chi connectivity index (χ0) is 35.1. The molecular formula is C33H38F7N5O3. The van der Waals surface area contributed by atoms with Gasteiger partial charge in [-0.15, -0.1) is 0 Å². The highest BCUT2D eigenvalue weighted by atomic mass is 19.4. The number of carbonyl (C=O) groups is 3. The van der Waals surface area contributed by atoms with Gasteiger partial charge >= 0.3 is 6.18 Å². The quantitative estimate of drug-likeness (QED) is 0.339. The lowest BCUT2D eigenvalue weighted by Crippen LogP contribution is -2.55. The second-order valence-corrected chi connectivity index (χ2v) is 13.2. The molecule has 0 spiro atoms. The Morgan fingerprint density at radius 3 is 2.23 bits per heavy atom. The number of alkyl halides is 5. The van der Waals surface area contributed by atoms with Gasteiger partial charge in [0.15, 0.2) is 0 Å². The number of anilines is 2. The molecule has 0 aromatic heterocycles. The molecule has 5 rings (SSSR count). The van der Waals surface area contributed by atoms with E-state index in [1.165, 1.54) is 12.1 Å². The molecule has 2 aromatic rings. The number of likely N-dealkylation sites (N-methyl/N-ethyl adjacent to an activating group) is 1. The van der Waals surface area contributed by atoms with Crippen molar-refractivity contribution >= 4 is 29.1 Å². The smallest absolute Gasteiger partial charge is 0.367 e. The number of halogens is 7. The summed E-state index contributed by atoms with van der Waals surface area (Å²) in [6.45, 7) is 4.18. The summed E-state index contributed by atoms with van der Waals surface area (Å²) < 4.78 is 99.8. The highest BCUT2D eigenvalue weighted by Gasteiger charge is 2.50. The van der Waals surface area contributed by atoms with E-state index >= 15 is 8.78 Å². The minimum Gasteiger partial charge on any atom is -0.367 e. The molecule has 15 heteroatoms. The lowest BCUT2D eigenvalue weighted by atomic mass is 9.84. The maximum atomic E-state index is 15.8. The zero-order valence-electron chi connectivity index (χ0n) is 26.7. The van der Waals surface area contributed by atoms with Crippen molar-refractivity contribution in [2.75, 3.05) is 36.9 Å². The summed E-state index contributed by atoms with van der Waals surface area (Å²) in [5, 5.41) is 7.42. The van der Waals surface area contributed by atoms with Gasteiger partial charge in [-0.1, -0.05) is 6.07 Å². The van der Waals surface area contributed by atoms with Crippen molar-refractivity contribution in [1.29, 1.82) is 0 Å². The van der Waals surface area contributed by atoms with Crippen LogP contribution in [0.2, 0.25) is 0 Å². The minimum absolute atomic E-state index is 0.00101. The van der Waals surface area contributed by atoms with Crippen molar-refractivity contribution in [3.63, 3.8) is 0 Å². The fraction of sp³-hybridized carbons (Fsp3) is 0.545. The van der Waals surface area contributed by atoms with Crippen LogP contribution in [0.5, 0.6) is 0 Å². The lowest BCUT2D eigenvalue weighted by Gasteiger charge is -2.44. The van der Waals surface area contributed by atoms with E-state index in [2.05, 4.69) is 20.9 Å². The molecule has 2 aliphatic heterocycles. The van der Waals surface area contributed by atoms with Crippen LogP contribution in [0.1, 0.15) is 56.3 Å². The molecule has 2 aromatic carbocycles. The third-order valence-corrected chi connectivity index (χ3v) is 9.79. The van der Waals surface area contributed by atoms with Gasteiger partial charge in [0.1, 0.15) is 11.6 Å². The number of hydrogen-bond donors (Lipinski definition) is 3. The van der Waals surface area contributed by atoms with Gasteiger partial charge in [-0.2, -0.15) is 13.2 Å².